The smallest absolute Gasteiger partial charge is 0.317 e. The number of urea groups is 1. The number of ether oxygens (including phenoxy) is 2. The van der Waals surface area contributed by atoms with Crippen LogP contribution in [0, 0.1) is 0 Å². The molecule has 6 heteroatoms. The van der Waals surface area contributed by atoms with Crippen molar-refractivity contribution in [3.63, 3.8) is 0 Å². The largest absolute Gasteiger partial charge is 0.493 e. The average molecular weight is 365 g/mol. The number of halogens is 1. The van der Waals surface area contributed by atoms with Crippen LogP contribution in [-0.4, -0.2) is 19.9 Å². The quantitative estimate of drug-likeness (QED) is 0.773. The molecule has 0 radical (unpaired) electrons. The van der Waals surface area contributed by atoms with Crippen LogP contribution in [-0.2, 0) is 6.54 Å². The number of hydrogen-bond donors (Lipinski definition) is 2. The van der Waals surface area contributed by atoms with Crippen molar-refractivity contribution in [3.8, 4) is 11.5 Å². The van der Waals surface area contributed by atoms with E-state index in [4.69, 9.17) is 9.47 Å². The van der Waals surface area contributed by atoms with Crippen molar-refractivity contribution in [2.45, 2.75) is 6.54 Å². The summed E-state index contributed by atoms with van der Waals surface area (Å²) in [4.78, 5) is 11.7. The molecule has 0 aromatic heterocycles. The summed E-state index contributed by atoms with van der Waals surface area (Å²) in [5, 5.41) is 5.39. The third kappa shape index (κ3) is 4.66. The summed E-state index contributed by atoms with van der Waals surface area (Å²) in [5.74, 6) is 1.20. The fourth-order valence-electron chi connectivity index (χ4n) is 1.80. The average Bonchev–Trinajstić information content (AvgIpc) is 2.54. The standard InChI is InChI=1S/C16H17BrN2O3/c1-21-14-8-4-5-9-15(14)22-11-19-16(20)18-10-12-6-2-3-7-13(12)17/h2-9H,10-11H2,1H3,(H2,18,19,20). The summed E-state index contributed by atoms with van der Waals surface area (Å²) in [5.41, 5.74) is 1.00. The van der Waals surface area contributed by atoms with Crippen molar-refractivity contribution >= 4 is 22.0 Å². The summed E-state index contributed by atoms with van der Waals surface area (Å²) in [6, 6.07) is 14.7. The number of para-hydroxylation sites is 2. The van der Waals surface area contributed by atoms with Crippen LogP contribution in [0.4, 0.5) is 4.79 Å². The molecule has 0 atom stereocenters. The minimum atomic E-state index is -0.300. The Morgan fingerprint density at radius 1 is 1.05 bits per heavy atom. The molecule has 0 heterocycles. The Morgan fingerprint density at radius 2 is 1.73 bits per heavy atom. The molecule has 0 spiro atoms. The van der Waals surface area contributed by atoms with Crippen molar-refractivity contribution in [2.75, 3.05) is 13.8 Å². The molecule has 2 N–H and O–H groups in total. The Balaban J connectivity index is 1.75. The maximum absolute atomic E-state index is 11.7. The second-order valence-corrected chi connectivity index (χ2v) is 5.24. The second kappa shape index (κ2) is 8.29. The third-order valence-corrected chi connectivity index (χ3v) is 3.70. The first-order chi connectivity index (χ1) is 10.7. The number of benzene rings is 2. The molecule has 0 bridgehead atoms. The molecule has 2 aromatic carbocycles. The van der Waals surface area contributed by atoms with E-state index in [1.165, 1.54) is 0 Å². The zero-order chi connectivity index (χ0) is 15.8. The van der Waals surface area contributed by atoms with Crippen LogP contribution in [0.2, 0.25) is 0 Å². The van der Waals surface area contributed by atoms with E-state index in [1.807, 2.05) is 36.4 Å². The lowest BCUT2D eigenvalue weighted by atomic mass is 10.2. The molecule has 0 aliphatic heterocycles. The molecule has 2 rings (SSSR count). The van der Waals surface area contributed by atoms with Gasteiger partial charge in [0.15, 0.2) is 18.2 Å². The summed E-state index contributed by atoms with van der Waals surface area (Å²) in [6.45, 7) is 0.490. The van der Waals surface area contributed by atoms with Crippen molar-refractivity contribution in [1.29, 1.82) is 0 Å². The molecule has 116 valence electrons. The highest BCUT2D eigenvalue weighted by Crippen LogP contribution is 2.25. The van der Waals surface area contributed by atoms with E-state index in [2.05, 4.69) is 26.6 Å². The molecular formula is C16H17BrN2O3. The fraction of sp³-hybridized carbons (Fsp3) is 0.188. The minimum Gasteiger partial charge on any atom is -0.493 e. The first kappa shape index (κ1) is 16.2. The van der Waals surface area contributed by atoms with Crippen LogP contribution in [0.15, 0.2) is 53.0 Å². The molecule has 5 nitrogen and oxygen atoms in total. The van der Waals surface area contributed by atoms with Gasteiger partial charge < -0.3 is 20.1 Å². The Bertz CT molecular complexity index is 634. The summed E-state index contributed by atoms with van der Waals surface area (Å²) in [7, 11) is 1.57. The number of hydrogen-bond acceptors (Lipinski definition) is 3. The Labute approximate surface area is 137 Å². The number of carbonyl (C=O) groups is 1. The van der Waals surface area contributed by atoms with Gasteiger partial charge >= 0.3 is 6.03 Å². The molecule has 2 amide bonds. The zero-order valence-corrected chi connectivity index (χ0v) is 13.7. The number of nitrogens with one attached hydrogen (secondary N) is 2. The van der Waals surface area contributed by atoms with Gasteiger partial charge in [-0.2, -0.15) is 0 Å². The lowest BCUT2D eigenvalue weighted by molar-refractivity contribution is 0.221. The van der Waals surface area contributed by atoms with Crippen molar-refractivity contribution in [2.24, 2.45) is 0 Å². The maximum atomic E-state index is 11.7. The molecule has 0 unspecified atom stereocenters. The fourth-order valence-corrected chi connectivity index (χ4v) is 2.22. The first-order valence-electron chi connectivity index (χ1n) is 6.71. The lowest BCUT2D eigenvalue weighted by Gasteiger charge is -2.12. The van der Waals surface area contributed by atoms with Crippen molar-refractivity contribution in [1.82, 2.24) is 10.6 Å². The van der Waals surface area contributed by atoms with Crippen LogP contribution in [0.3, 0.4) is 0 Å². The lowest BCUT2D eigenvalue weighted by Crippen LogP contribution is -2.37. The van der Waals surface area contributed by atoms with Crippen LogP contribution in [0.5, 0.6) is 11.5 Å². The van der Waals surface area contributed by atoms with Gasteiger partial charge in [0.25, 0.3) is 0 Å². The van der Waals surface area contributed by atoms with E-state index in [9.17, 15) is 4.79 Å². The van der Waals surface area contributed by atoms with Crippen LogP contribution in [0.1, 0.15) is 5.56 Å². The van der Waals surface area contributed by atoms with E-state index in [1.54, 1.807) is 19.2 Å². The van der Waals surface area contributed by atoms with E-state index in [0.29, 0.717) is 18.0 Å². The highest BCUT2D eigenvalue weighted by molar-refractivity contribution is 9.10. The molecule has 0 saturated heterocycles. The number of methoxy groups -OCH3 is 1. The van der Waals surface area contributed by atoms with Gasteiger partial charge in [-0.05, 0) is 23.8 Å². The Hall–Kier alpha value is -2.21. The monoisotopic (exact) mass is 364 g/mol. The molecule has 0 fully saturated rings. The minimum absolute atomic E-state index is 0.0577. The van der Waals surface area contributed by atoms with Gasteiger partial charge in [-0.3, -0.25) is 0 Å². The van der Waals surface area contributed by atoms with Gasteiger partial charge in [0.1, 0.15) is 0 Å². The normalized spacial score (nSPS) is 9.91. The number of rotatable bonds is 6. The highest BCUT2D eigenvalue weighted by Gasteiger charge is 2.05. The van der Waals surface area contributed by atoms with Gasteiger partial charge in [0.2, 0.25) is 0 Å². The molecule has 0 aliphatic rings. The molecule has 2 aromatic rings. The summed E-state index contributed by atoms with van der Waals surface area (Å²) < 4.78 is 11.6. The van der Waals surface area contributed by atoms with E-state index in [0.717, 1.165) is 10.0 Å². The zero-order valence-electron chi connectivity index (χ0n) is 12.1. The van der Waals surface area contributed by atoms with E-state index >= 15 is 0 Å². The predicted molar refractivity (Wildman–Crippen MR) is 88.0 cm³/mol. The van der Waals surface area contributed by atoms with Crippen molar-refractivity contribution in [3.05, 3.63) is 58.6 Å². The van der Waals surface area contributed by atoms with Gasteiger partial charge in [0, 0.05) is 11.0 Å². The predicted octanol–water partition coefficient (Wildman–Crippen LogP) is 3.29. The van der Waals surface area contributed by atoms with Gasteiger partial charge in [0.05, 0.1) is 7.11 Å². The number of carbonyl (C=O) groups excluding carboxylic acids is 1. The topological polar surface area (TPSA) is 59.6 Å². The van der Waals surface area contributed by atoms with Crippen LogP contribution < -0.4 is 20.1 Å². The van der Waals surface area contributed by atoms with E-state index in [-0.39, 0.29) is 12.8 Å². The van der Waals surface area contributed by atoms with Crippen LogP contribution in [0.25, 0.3) is 0 Å². The van der Waals surface area contributed by atoms with Crippen molar-refractivity contribution < 1.29 is 14.3 Å². The Morgan fingerprint density at radius 3 is 2.45 bits per heavy atom. The molecular weight excluding hydrogens is 348 g/mol. The molecule has 0 saturated carbocycles. The van der Waals surface area contributed by atoms with Gasteiger partial charge in [-0.25, -0.2) is 4.79 Å². The molecule has 0 aliphatic carbocycles. The second-order valence-electron chi connectivity index (χ2n) is 4.39. The highest BCUT2D eigenvalue weighted by atomic mass is 79.9. The van der Waals surface area contributed by atoms with Gasteiger partial charge in [-0.1, -0.05) is 46.3 Å². The number of amides is 2. The molecule has 22 heavy (non-hydrogen) atoms. The van der Waals surface area contributed by atoms with Crippen LogP contribution >= 0.6 is 15.9 Å². The van der Waals surface area contributed by atoms with E-state index < -0.39 is 0 Å². The maximum Gasteiger partial charge on any atom is 0.317 e. The Kier molecular flexibility index (Phi) is 6.09. The summed E-state index contributed by atoms with van der Waals surface area (Å²) >= 11 is 3.44. The summed E-state index contributed by atoms with van der Waals surface area (Å²) in [6.07, 6.45) is 0. The first-order valence-corrected chi connectivity index (χ1v) is 7.51. The van der Waals surface area contributed by atoms with Gasteiger partial charge in [-0.15, -0.1) is 0 Å². The third-order valence-electron chi connectivity index (χ3n) is 2.93. The SMILES string of the molecule is COc1ccccc1OCNC(=O)NCc1ccccc1Br.